The van der Waals surface area contributed by atoms with Crippen molar-refractivity contribution in [1.29, 1.82) is 0 Å². The lowest BCUT2D eigenvalue weighted by Crippen LogP contribution is -2.30. The Bertz CT molecular complexity index is 447. The highest BCUT2D eigenvalue weighted by Crippen LogP contribution is 2.25. The van der Waals surface area contributed by atoms with Crippen molar-refractivity contribution in [3.63, 3.8) is 0 Å². The number of hydrogen-bond acceptors (Lipinski definition) is 4. The Balaban J connectivity index is 1.70. The smallest absolute Gasteiger partial charge is 0.0380 e. The largest absolute Gasteiger partial charge is 0.398 e. The van der Waals surface area contributed by atoms with Crippen molar-refractivity contribution < 1.29 is 0 Å². The summed E-state index contributed by atoms with van der Waals surface area (Å²) < 4.78 is 0. The number of piperidine rings is 2. The van der Waals surface area contributed by atoms with Gasteiger partial charge >= 0.3 is 0 Å². The van der Waals surface area contributed by atoms with E-state index < -0.39 is 0 Å². The molecule has 0 spiro atoms. The van der Waals surface area contributed by atoms with Crippen molar-refractivity contribution in [1.82, 2.24) is 9.80 Å². The molecular formula is C18H30N4. The molecule has 0 atom stereocenters. The minimum absolute atomic E-state index is 0.852. The quantitative estimate of drug-likeness (QED) is 0.840. The van der Waals surface area contributed by atoms with Gasteiger partial charge in [0.2, 0.25) is 0 Å². The Morgan fingerprint density at radius 3 is 1.45 bits per heavy atom. The van der Waals surface area contributed by atoms with E-state index in [4.69, 9.17) is 11.5 Å². The molecule has 2 aliphatic rings. The molecule has 122 valence electrons. The third-order valence-electron chi connectivity index (χ3n) is 5.09. The second kappa shape index (κ2) is 7.34. The molecule has 0 radical (unpaired) electrons. The van der Waals surface area contributed by atoms with Gasteiger partial charge in [0.25, 0.3) is 0 Å². The fourth-order valence-corrected chi connectivity index (χ4v) is 3.72. The number of anilines is 2. The van der Waals surface area contributed by atoms with Crippen LogP contribution >= 0.6 is 0 Å². The molecule has 0 unspecified atom stereocenters. The number of rotatable bonds is 4. The van der Waals surface area contributed by atoms with Crippen molar-refractivity contribution in [2.45, 2.75) is 51.6 Å². The molecule has 0 amide bonds. The van der Waals surface area contributed by atoms with Gasteiger partial charge in [0.1, 0.15) is 0 Å². The monoisotopic (exact) mass is 302 g/mol. The van der Waals surface area contributed by atoms with Crippen LogP contribution in [0.4, 0.5) is 11.4 Å². The molecule has 2 fully saturated rings. The Hall–Kier alpha value is -1.26. The lowest BCUT2D eigenvalue weighted by Gasteiger charge is -2.29. The van der Waals surface area contributed by atoms with Crippen LogP contribution in [-0.2, 0) is 13.1 Å². The summed E-state index contributed by atoms with van der Waals surface area (Å²) in [7, 11) is 0. The van der Waals surface area contributed by atoms with Gasteiger partial charge in [-0.2, -0.15) is 0 Å². The minimum Gasteiger partial charge on any atom is -0.398 e. The normalized spacial score (nSPS) is 21.1. The van der Waals surface area contributed by atoms with E-state index in [0.29, 0.717) is 0 Å². The SMILES string of the molecule is Nc1cc(N)c(CN2CCCCC2)cc1CN1CCCCC1. The summed E-state index contributed by atoms with van der Waals surface area (Å²) in [5.41, 5.74) is 16.7. The Labute approximate surface area is 134 Å². The number of hydrogen-bond donors (Lipinski definition) is 2. The van der Waals surface area contributed by atoms with E-state index in [1.807, 2.05) is 6.07 Å². The third-order valence-corrected chi connectivity index (χ3v) is 5.09. The highest BCUT2D eigenvalue weighted by atomic mass is 15.1. The van der Waals surface area contributed by atoms with Gasteiger partial charge in [0, 0.05) is 24.5 Å². The zero-order valence-electron chi connectivity index (χ0n) is 13.7. The first-order valence-electron chi connectivity index (χ1n) is 8.84. The fourth-order valence-electron chi connectivity index (χ4n) is 3.72. The molecule has 0 bridgehead atoms. The molecule has 4 N–H and O–H groups in total. The first-order chi connectivity index (χ1) is 10.7. The molecule has 3 rings (SSSR count). The van der Waals surface area contributed by atoms with E-state index in [1.54, 1.807) is 0 Å². The molecule has 4 nitrogen and oxygen atoms in total. The molecule has 0 aromatic heterocycles. The molecule has 2 aliphatic heterocycles. The van der Waals surface area contributed by atoms with Gasteiger partial charge in [0.15, 0.2) is 0 Å². The van der Waals surface area contributed by atoms with Gasteiger partial charge in [-0.25, -0.2) is 0 Å². The maximum absolute atomic E-state index is 6.22. The lowest BCUT2D eigenvalue weighted by atomic mass is 10.0. The van der Waals surface area contributed by atoms with Crippen molar-refractivity contribution in [2.24, 2.45) is 0 Å². The Kier molecular flexibility index (Phi) is 5.21. The molecule has 4 heteroatoms. The van der Waals surface area contributed by atoms with Gasteiger partial charge in [-0.1, -0.05) is 12.8 Å². The molecule has 0 aliphatic carbocycles. The fraction of sp³-hybridized carbons (Fsp3) is 0.667. The predicted molar refractivity (Wildman–Crippen MR) is 93.5 cm³/mol. The Morgan fingerprint density at radius 1 is 0.636 bits per heavy atom. The van der Waals surface area contributed by atoms with E-state index in [2.05, 4.69) is 15.9 Å². The molecule has 1 aromatic rings. The number of nitrogens with two attached hydrogens (primary N) is 2. The van der Waals surface area contributed by atoms with Gasteiger partial charge in [-0.15, -0.1) is 0 Å². The lowest BCUT2D eigenvalue weighted by molar-refractivity contribution is 0.218. The number of nitrogen functional groups attached to an aromatic ring is 2. The standard InChI is InChI=1S/C18H30N4/c19-17-12-18(20)16(14-22-9-5-2-6-10-22)11-15(17)13-21-7-3-1-4-8-21/h11-12H,1-10,13-14,19-20H2. The summed E-state index contributed by atoms with van der Waals surface area (Å²) in [4.78, 5) is 5.05. The Morgan fingerprint density at radius 2 is 1.05 bits per heavy atom. The van der Waals surface area contributed by atoms with Crippen LogP contribution in [0.1, 0.15) is 49.7 Å². The van der Waals surface area contributed by atoms with E-state index >= 15 is 0 Å². The second-order valence-electron chi connectivity index (χ2n) is 6.92. The van der Waals surface area contributed by atoms with Crippen LogP contribution in [-0.4, -0.2) is 36.0 Å². The van der Waals surface area contributed by atoms with E-state index in [9.17, 15) is 0 Å². The molecular weight excluding hydrogens is 272 g/mol. The second-order valence-corrected chi connectivity index (χ2v) is 6.92. The average Bonchev–Trinajstić information content (AvgIpc) is 2.54. The van der Waals surface area contributed by atoms with Crippen molar-refractivity contribution >= 4 is 11.4 Å². The first-order valence-corrected chi connectivity index (χ1v) is 8.84. The van der Waals surface area contributed by atoms with Crippen molar-refractivity contribution in [3.8, 4) is 0 Å². The van der Waals surface area contributed by atoms with Crippen molar-refractivity contribution in [3.05, 3.63) is 23.3 Å². The summed E-state index contributed by atoms with van der Waals surface area (Å²) in [5, 5.41) is 0. The average molecular weight is 302 g/mol. The zero-order chi connectivity index (χ0) is 15.4. The topological polar surface area (TPSA) is 58.5 Å². The van der Waals surface area contributed by atoms with Crippen LogP contribution in [0.25, 0.3) is 0 Å². The van der Waals surface area contributed by atoms with Crippen LogP contribution in [0.15, 0.2) is 12.1 Å². The van der Waals surface area contributed by atoms with Gasteiger partial charge < -0.3 is 11.5 Å². The van der Waals surface area contributed by atoms with Gasteiger partial charge in [0.05, 0.1) is 0 Å². The van der Waals surface area contributed by atoms with Crippen LogP contribution < -0.4 is 11.5 Å². The van der Waals surface area contributed by atoms with Crippen molar-refractivity contribution in [2.75, 3.05) is 37.6 Å². The third kappa shape index (κ3) is 3.93. The maximum atomic E-state index is 6.22. The van der Waals surface area contributed by atoms with E-state index in [1.165, 1.54) is 75.8 Å². The van der Waals surface area contributed by atoms with E-state index in [0.717, 1.165) is 24.5 Å². The van der Waals surface area contributed by atoms with Crippen LogP contribution in [0.2, 0.25) is 0 Å². The number of benzene rings is 1. The van der Waals surface area contributed by atoms with E-state index in [-0.39, 0.29) is 0 Å². The zero-order valence-corrected chi connectivity index (χ0v) is 13.7. The summed E-state index contributed by atoms with van der Waals surface area (Å²) in [6.45, 7) is 6.74. The summed E-state index contributed by atoms with van der Waals surface area (Å²) in [6.07, 6.45) is 8.00. The van der Waals surface area contributed by atoms with Crippen LogP contribution in [0.3, 0.4) is 0 Å². The number of nitrogens with zero attached hydrogens (tertiary/aromatic N) is 2. The maximum Gasteiger partial charge on any atom is 0.0380 e. The first kappa shape index (κ1) is 15.6. The summed E-state index contributed by atoms with van der Waals surface area (Å²) in [5.74, 6) is 0. The summed E-state index contributed by atoms with van der Waals surface area (Å²) >= 11 is 0. The highest BCUT2D eigenvalue weighted by molar-refractivity contribution is 5.61. The summed E-state index contributed by atoms with van der Waals surface area (Å²) in [6, 6.07) is 4.23. The molecule has 1 aromatic carbocycles. The number of likely N-dealkylation sites (tertiary alicyclic amines) is 2. The van der Waals surface area contributed by atoms with Gasteiger partial charge in [-0.3, -0.25) is 9.80 Å². The molecule has 2 heterocycles. The predicted octanol–water partition coefficient (Wildman–Crippen LogP) is 2.82. The highest BCUT2D eigenvalue weighted by Gasteiger charge is 2.16. The molecule has 2 saturated heterocycles. The minimum atomic E-state index is 0.852. The van der Waals surface area contributed by atoms with Gasteiger partial charge in [-0.05, 0) is 75.1 Å². The van der Waals surface area contributed by atoms with Crippen LogP contribution in [0.5, 0.6) is 0 Å². The molecule has 22 heavy (non-hydrogen) atoms. The molecule has 0 saturated carbocycles. The van der Waals surface area contributed by atoms with Crippen LogP contribution in [0, 0.1) is 0 Å².